The molecular formula is C15H17N3. The number of hydrogen-bond donors (Lipinski definition) is 1. The van der Waals surface area contributed by atoms with Gasteiger partial charge in [0.15, 0.2) is 0 Å². The number of rotatable bonds is 2. The topological polar surface area (TPSA) is 31.9 Å². The highest BCUT2D eigenvalue weighted by Gasteiger charge is 2.44. The first kappa shape index (κ1) is 10.3. The minimum Gasteiger partial charge on any atom is -0.367 e. The normalized spacial score (nSPS) is 29.9. The standard InChI is InChI=1S/C15H17N3/c1-2-14(12-3-6-16-9-12)17-10-13(1)15-4-7-18(11-15)8-5-15/h1-3,6,9-10,16H,4-5,7-8,11H2. The Balaban J connectivity index is 1.68. The van der Waals surface area contributed by atoms with E-state index in [-0.39, 0.29) is 0 Å². The Bertz CT molecular complexity index is 534. The van der Waals surface area contributed by atoms with Crippen LogP contribution in [0, 0.1) is 0 Å². The number of nitrogens with zero attached hydrogens (tertiary/aromatic N) is 2. The predicted molar refractivity (Wildman–Crippen MR) is 71.4 cm³/mol. The molecule has 0 radical (unpaired) electrons. The molecule has 2 bridgehead atoms. The van der Waals surface area contributed by atoms with Gasteiger partial charge in [-0.2, -0.15) is 0 Å². The molecular weight excluding hydrogens is 222 g/mol. The smallest absolute Gasteiger partial charge is 0.0717 e. The van der Waals surface area contributed by atoms with E-state index in [0.29, 0.717) is 5.41 Å². The van der Waals surface area contributed by atoms with Gasteiger partial charge in [-0.05, 0) is 43.6 Å². The summed E-state index contributed by atoms with van der Waals surface area (Å²) in [5.74, 6) is 0. The van der Waals surface area contributed by atoms with Crippen molar-refractivity contribution in [1.29, 1.82) is 0 Å². The Morgan fingerprint density at radius 3 is 2.61 bits per heavy atom. The molecule has 3 heteroatoms. The highest BCUT2D eigenvalue weighted by molar-refractivity contribution is 5.58. The lowest BCUT2D eigenvalue weighted by Gasteiger charge is -2.25. The summed E-state index contributed by atoms with van der Waals surface area (Å²) < 4.78 is 0. The minimum absolute atomic E-state index is 0.406. The van der Waals surface area contributed by atoms with Gasteiger partial charge in [0, 0.05) is 36.1 Å². The largest absolute Gasteiger partial charge is 0.367 e. The van der Waals surface area contributed by atoms with E-state index in [0.717, 1.165) is 5.69 Å². The van der Waals surface area contributed by atoms with E-state index in [1.807, 2.05) is 12.4 Å². The fraction of sp³-hybridized carbons (Fsp3) is 0.400. The van der Waals surface area contributed by atoms with Crippen molar-refractivity contribution >= 4 is 0 Å². The molecule has 92 valence electrons. The summed E-state index contributed by atoms with van der Waals surface area (Å²) in [6.07, 6.45) is 8.64. The maximum atomic E-state index is 4.64. The maximum absolute atomic E-state index is 4.64. The summed E-state index contributed by atoms with van der Waals surface area (Å²) in [6, 6.07) is 6.51. The third-order valence-electron chi connectivity index (χ3n) is 4.61. The number of nitrogens with one attached hydrogen (secondary N) is 1. The number of fused-ring (bicyclic) bond motifs is 2. The first-order valence-electron chi connectivity index (χ1n) is 6.68. The van der Waals surface area contributed by atoms with Crippen molar-refractivity contribution in [2.24, 2.45) is 0 Å². The number of H-pyrrole nitrogens is 1. The van der Waals surface area contributed by atoms with Gasteiger partial charge in [0.2, 0.25) is 0 Å². The number of piperidine rings is 1. The zero-order chi connectivity index (χ0) is 12.0. The van der Waals surface area contributed by atoms with Crippen molar-refractivity contribution in [2.75, 3.05) is 19.6 Å². The molecule has 2 aliphatic rings. The van der Waals surface area contributed by atoms with Gasteiger partial charge in [-0.15, -0.1) is 0 Å². The second kappa shape index (κ2) is 3.69. The van der Waals surface area contributed by atoms with E-state index in [2.05, 4.69) is 39.3 Å². The van der Waals surface area contributed by atoms with Crippen LogP contribution in [-0.2, 0) is 5.41 Å². The molecule has 2 aliphatic heterocycles. The fourth-order valence-corrected chi connectivity index (χ4v) is 3.47. The van der Waals surface area contributed by atoms with Crippen molar-refractivity contribution in [3.8, 4) is 11.3 Å². The van der Waals surface area contributed by atoms with Crippen LogP contribution in [0.15, 0.2) is 36.8 Å². The van der Waals surface area contributed by atoms with Gasteiger partial charge in [0.05, 0.1) is 5.69 Å². The van der Waals surface area contributed by atoms with Crippen LogP contribution < -0.4 is 0 Å². The highest BCUT2D eigenvalue weighted by atomic mass is 15.2. The van der Waals surface area contributed by atoms with E-state index in [9.17, 15) is 0 Å². The number of hydrogen-bond acceptors (Lipinski definition) is 2. The quantitative estimate of drug-likeness (QED) is 0.872. The van der Waals surface area contributed by atoms with Crippen LogP contribution in [0.1, 0.15) is 18.4 Å². The summed E-state index contributed by atoms with van der Waals surface area (Å²) in [5.41, 5.74) is 4.06. The molecule has 3 nitrogen and oxygen atoms in total. The van der Waals surface area contributed by atoms with Crippen molar-refractivity contribution in [1.82, 2.24) is 14.9 Å². The van der Waals surface area contributed by atoms with E-state index >= 15 is 0 Å². The van der Waals surface area contributed by atoms with Crippen LogP contribution in [0.25, 0.3) is 11.3 Å². The molecule has 0 aliphatic carbocycles. The van der Waals surface area contributed by atoms with E-state index in [1.54, 1.807) is 0 Å². The summed E-state index contributed by atoms with van der Waals surface area (Å²) >= 11 is 0. The van der Waals surface area contributed by atoms with Crippen LogP contribution in [0.4, 0.5) is 0 Å². The van der Waals surface area contributed by atoms with E-state index in [1.165, 1.54) is 43.6 Å². The average molecular weight is 239 g/mol. The molecule has 0 unspecified atom stereocenters. The van der Waals surface area contributed by atoms with Gasteiger partial charge in [-0.1, -0.05) is 6.07 Å². The molecule has 0 saturated carbocycles. The number of pyridine rings is 1. The monoisotopic (exact) mass is 239 g/mol. The van der Waals surface area contributed by atoms with Gasteiger partial charge in [-0.3, -0.25) is 4.98 Å². The van der Waals surface area contributed by atoms with Gasteiger partial charge in [0.25, 0.3) is 0 Å². The molecule has 2 fully saturated rings. The Hall–Kier alpha value is -1.61. The van der Waals surface area contributed by atoms with Crippen LogP contribution >= 0.6 is 0 Å². The zero-order valence-electron chi connectivity index (χ0n) is 10.4. The predicted octanol–water partition coefficient (Wildman–Crippen LogP) is 2.42. The van der Waals surface area contributed by atoms with Crippen molar-refractivity contribution in [3.05, 3.63) is 42.4 Å². The Kier molecular flexibility index (Phi) is 2.12. The molecule has 2 saturated heterocycles. The molecule has 4 rings (SSSR count). The zero-order valence-corrected chi connectivity index (χ0v) is 10.4. The lowest BCUT2D eigenvalue weighted by molar-refractivity contribution is 0.364. The number of aromatic nitrogens is 2. The fourth-order valence-electron chi connectivity index (χ4n) is 3.47. The lowest BCUT2D eigenvalue weighted by atomic mass is 9.78. The molecule has 2 aromatic rings. The average Bonchev–Trinajstić information content (AvgIpc) is 3.16. The third kappa shape index (κ3) is 1.44. The van der Waals surface area contributed by atoms with Gasteiger partial charge < -0.3 is 9.88 Å². The van der Waals surface area contributed by atoms with E-state index < -0.39 is 0 Å². The first-order chi connectivity index (χ1) is 8.86. The van der Waals surface area contributed by atoms with E-state index in [4.69, 9.17) is 0 Å². The summed E-state index contributed by atoms with van der Waals surface area (Å²) in [5, 5.41) is 0. The molecule has 1 N–H and O–H groups in total. The van der Waals surface area contributed by atoms with Crippen LogP contribution in [0.2, 0.25) is 0 Å². The SMILES string of the molecule is c1cc(-c2ccc(C34CCN(CC3)C4)cn2)c[nH]1. The number of aromatic amines is 1. The molecule has 18 heavy (non-hydrogen) atoms. The summed E-state index contributed by atoms with van der Waals surface area (Å²) in [6.45, 7) is 3.76. The second-order valence-corrected chi connectivity index (χ2v) is 5.59. The van der Waals surface area contributed by atoms with Crippen molar-refractivity contribution < 1.29 is 0 Å². The Morgan fingerprint density at radius 1 is 1.17 bits per heavy atom. The highest BCUT2D eigenvalue weighted by Crippen LogP contribution is 2.42. The summed E-state index contributed by atoms with van der Waals surface area (Å²) in [4.78, 5) is 10.3. The minimum atomic E-state index is 0.406. The maximum Gasteiger partial charge on any atom is 0.0717 e. The van der Waals surface area contributed by atoms with Gasteiger partial charge in [0.1, 0.15) is 0 Å². The molecule has 0 spiro atoms. The molecule has 2 aromatic heterocycles. The lowest BCUT2D eigenvalue weighted by Crippen LogP contribution is -2.24. The third-order valence-corrected chi connectivity index (χ3v) is 4.61. The van der Waals surface area contributed by atoms with Crippen LogP contribution in [0.3, 0.4) is 0 Å². The Labute approximate surface area is 107 Å². The van der Waals surface area contributed by atoms with Gasteiger partial charge >= 0.3 is 0 Å². The molecule has 0 aromatic carbocycles. The Morgan fingerprint density at radius 2 is 2.06 bits per heavy atom. The van der Waals surface area contributed by atoms with Crippen molar-refractivity contribution in [3.63, 3.8) is 0 Å². The molecule has 4 heterocycles. The van der Waals surface area contributed by atoms with Crippen molar-refractivity contribution in [2.45, 2.75) is 18.3 Å². The van der Waals surface area contributed by atoms with Crippen LogP contribution in [-0.4, -0.2) is 34.5 Å². The molecule has 0 atom stereocenters. The molecule has 0 amide bonds. The summed E-state index contributed by atoms with van der Waals surface area (Å²) in [7, 11) is 0. The first-order valence-corrected chi connectivity index (χ1v) is 6.68. The van der Waals surface area contributed by atoms with Crippen LogP contribution in [0.5, 0.6) is 0 Å². The second-order valence-electron chi connectivity index (χ2n) is 5.59. The van der Waals surface area contributed by atoms with Gasteiger partial charge in [-0.25, -0.2) is 0 Å².